The molecule has 1 aliphatic heterocycles. The highest BCUT2D eigenvalue weighted by Gasteiger charge is 2.26. The Morgan fingerprint density at radius 3 is 2.87 bits per heavy atom. The third kappa shape index (κ3) is 3.47. The van der Waals surface area contributed by atoms with Crippen molar-refractivity contribution in [3.8, 4) is 11.3 Å². The number of imidazole rings is 1. The van der Waals surface area contributed by atoms with Crippen molar-refractivity contribution < 1.29 is 9.13 Å². The first-order chi connectivity index (χ1) is 14.9. The van der Waals surface area contributed by atoms with Crippen LogP contribution in [0.3, 0.4) is 0 Å². The summed E-state index contributed by atoms with van der Waals surface area (Å²) in [5, 5.41) is 8.55. The number of nitrogens with one attached hydrogen (secondary N) is 1. The first-order valence-corrected chi connectivity index (χ1v) is 10.7. The Hall–Kier alpha value is -2.91. The number of ether oxygens (including phenoxy) is 1. The number of rotatable bonds is 4. The maximum Gasteiger partial charge on any atom is 0.167 e. The van der Waals surface area contributed by atoms with E-state index in [1.54, 1.807) is 27.7 Å². The van der Waals surface area contributed by atoms with Crippen molar-refractivity contribution >= 4 is 39.7 Å². The van der Waals surface area contributed by atoms with E-state index >= 15 is 4.39 Å². The molecule has 3 N–H and O–H groups in total. The van der Waals surface area contributed by atoms with Gasteiger partial charge in [0.15, 0.2) is 11.5 Å². The van der Waals surface area contributed by atoms with Crippen LogP contribution >= 0.6 is 11.6 Å². The zero-order valence-electron chi connectivity index (χ0n) is 17.3. The van der Waals surface area contributed by atoms with Crippen molar-refractivity contribution in [2.45, 2.75) is 45.4 Å². The van der Waals surface area contributed by atoms with Gasteiger partial charge in [-0.15, -0.1) is 0 Å². The van der Waals surface area contributed by atoms with Gasteiger partial charge in [-0.25, -0.2) is 14.1 Å². The zero-order valence-corrected chi connectivity index (χ0v) is 18.0. The minimum absolute atomic E-state index is 0.000837. The smallest absolute Gasteiger partial charge is 0.167 e. The van der Waals surface area contributed by atoms with E-state index in [0.29, 0.717) is 40.2 Å². The van der Waals surface area contributed by atoms with E-state index in [2.05, 4.69) is 15.3 Å². The highest BCUT2D eigenvalue weighted by atomic mass is 35.5. The minimum Gasteiger partial charge on any atom is -0.382 e. The van der Waals surface area contributed by atoms with Crippen LogP contribution in [0.15, 0.2) is 24.8 Å². The average Bonchev–Trinajstić information content (AvgIpc) is 3.34. The number of nitrogens with two attached hydrogens (primary N) is 1. The predicted molar refractivity (Wildman–Crippen MR) is 119 cm³/mol. The predicted octanol–water partition coefficient (Wildman–Crippen LogP) is 4.64. The topological polar surface area (TPSA) is 95.3 Å². The fraction of sp³-hybridized carbons (Fsp3) is 0.381. The Morgan fingerprint density at radius 1 is 1.29 bits per heavy atom. The Morgan fingerprint density at radius 2 is 2.13 bits per heavy atom. The number of fused-ring (bicyclic) bond motifs is 2. The summed E-state index contributed by atoms with van der Waals surface area (Å²) >= 11 is 6.57. The second-order valence-electron chi connectivity index (χ2n) is 8.07. The molecule has 1 aromatic carbocycles. The van der Waals surface area contributed by atoms with Crippen LogP contribution in [-0.2, 0) is 4.74 Å². The summed E-state index contributed by atoms with van der Waals surface area (Å²) in [4.78, 5) is 8.67. The quantitative estimate of drug-likeness (QED) is 0.477. The summed E-state index contributed by atoms with van der Waals surface area (Å²) in [6.45, 7) is 4.56. The Bertz CT molecular complexity index is 1280. The number of hydrogen-bond donors (Lipinski definition) is 2. The van der Waals surface area contributed by atoms with E-state index in [-0.39, 0.29) is 23.0 Å². The van der Waals surface area contributed by atoms with Gasteiger partial charge in [0, 0.05) is 36.0 Å². The molecule has 0 saturated carbocycles. The molecule has 1 saturated heterocycles. The van der Waals surface area contributed by atoms with Gasteiger partial charge in [-0.1, -0.05) is 11.6 Å². The van der Waals surface area contributed by atoms with Crippen molar-refractivity contribution in [1.82, 2.24) is 24.1 Å². The molecule has 3 aromatic heterocycles. The number of aromatic nitrogens is 5. The Labute approximate surface area is 183 Å². The number of nitrogen functional groups attached to an aromatic ring is 1. The molecule has 0 bridgehead atoms. The molecule has 8 nitrogen and oxygen atoms in total. The number of benzene rings is 1. The molecule has 1 fully saturated rings. The lowest BCUT2D eigenvalue weighted by molar-refractivity contribution is -0.0390. The van der Waals surface area contributed by atoms with E-state index in [1.165, 1.54) is 0 Å². The standard InChI is InChI=1S/C21H23ClFN7O/c1-11(2)26-21-19(23)18(22)17(13-9-29-10-14(24)27-15(29)7-25-13)12-8-30(28-20(12)21)16-5-3-4-6-31-16/h7-11,16,26H,3-6,24H2,1-2H3. The molecule has 5 rings (SSSR count). The van der Waals surface area contributed by atoms with E-state index < -0.39 is 5.82 Å². The number of anilines is 2. The molecule has 0 amide bonds. The third-order valence-corrected chi connectivity index (χ3v) is 5.72. The van der Waals surface area contributed by atoms with Crippen molar-refractivity contribution in [1.29, 1.82) is 0 Å². The minimum atomic E-state index is -0.556. The molecule has 1 aliphatic rings. The van der Waals surface area contributed by atoms with Gasteiger partial charge >= 0.3 is 0 Å². The molecule has 0 aliphatic carbocycles. The zero-order chi connectivity index (χ0) is 21.7. The fourth-order valence-electron chi connectivity index (χ4n) is 4.00. The van der Waals surface area contributed by atoms with Gasteiger partial charge < -0.3 is 20.2 Å². The highest BCUT2D eigenvalue weighted by Crippen LogP contribution is 2.42. The van der Waals surface area contributed by atoms with Crippen LogP contribution in [0.5, 0.6) is 0 Å². The van der Waals surface area contributed by atoms with Crippen molar-refractivity contribution in [3.63, 3.8) is 0 Å². The average molecular weight is 444 g/mol. The van der Waals surface area contributed by atoms with E-state index in [1.807, 2.05) is 20.0 Å². The van der Waals surface area contributed by atoms with Crippen LogP contribution in [0, 0.1) is 5.82 Å². The van der Waals surface area contributed by atoms with Crippen LogP contribution in [0.1, 0.15) is 39.3 Å². The Balaban J connectivity index is 1.75. The summed E-state index contributed by atoms with van der Waals surface area (Å²) in [6, 6.07) is -0.000837. The molecule has 0 spiro atoms. The van der Waals surface area contributed by atoms with E-state index in [0.717, 1.165) is 19.3 Å². The normalized spacial score (nSPS) is 17.1. The van der Waals surface area contributed by atoms with Gasteiger partial charge in [-0.2, -0.15) is 5.10 Å². The van der Waals surface area contributed by atoms with Gasteiger partial charge in [0.05, 0.1) is 23.1 Å². The number of halogens is 2. The lowest BCUT2D eigenvalue weighted by Crippen LogP contribution is -2.18. The van der Waals surface area contributed by atoms with Gasteiger partial charge in [0.1, 0.15) is 23.2 Å². The monoisotopic (exact) mass is 443 g/mol. The molecular formula is C21H23ClFN7O. The number of nitrogens with zero attached hydrogens (tertiary/aromatic N) is 5. The van der Waals surface area contributed by atoms with Gasteiger partial charge in [-0.3, -0.25) is 4.98 Å². The SMILES string of the molecule is CC(C)Nc1c(F)c(Cl)c(-c2cn3cc(N)nc3cn2)c2cn(C3CCCCO3)nc12. The van der Waals surface area contributed by atoms with Crippen LogP contribution < -0.4 is 11.1 Å². The van der Waals surface area contributed by atoms with Crippen LogP contribution in [0.25, 0.3) is 27.8 Å². The van der Waals surface area contributed by atoms with Crippen LogP contribution in [-0.4, -0.2) is 36.8 Å². The largest absolute Gasteiger partial charge is 0.382 e. The third-order valence-electron chi connectivity index (χ3n) is 5.37. The van der Waals surface area contributed by atoms with E-state index in [9.17, 15) is 0 Å². The maximum absolute atomic E-state index is 15.5. The molecule has 31 heavy (non-hydrogen) atoms. The molecule has 1 unspecified atom stereocenters. The molecule has 0 radical (unpaired) electrons. The first kappa shape index (κ1) is 20.0. The molecular weight excluding hydrogens is 421 g/mol. The summed E-state index contributed by atoms with van der Waals surface area (Å²) in [5.74, 6) is -0.181. The summed E-state index contributed by atoms with van der Waals surface area (Å²) in [5.41, 5.74) is 8.13. The first-order valence-electron chi connectivity index (χ1n) is 10.3. The summed E-state index contributed by atoms with van der Waals surface area (Å²) in [6.07, 6.45) is 9.61. The van der Waals surface area contributed by atoms with Crippen LogP contribution in [0.4, 0.5) is 15.9 Å². The van der Waals surface area contributed by atoms with E-state index in [4.69, 9.17) is 27.2 Å². The molecule has 1 atom stereocenters. The summed E-state index contributed by atoms with van der Waals surface area (Å²) < 4.78 is 24.9. The lowest BCUT2D eigenvalue weighted by Gasteiger charge is -2.22. The van der Waals surface area contributed by atoms with Crippen LogP contribution in [0.2, 0.25) is 5.02 Å². The second kappa shape index (κ2) is 7.65. The second-order valence-corrected chi connectivity index (χ2v) is 8.45. The molecule has 4 aromatic rings. The van der Waals surface area contributed by atoms with Crippen molar-refractivity contribution in [2.24, 2.45) is 0 Å². The van der Waals surface area contributed by atoms with Crippen molar-refractivity contribution in [2.75, 3.05) is 17.7 Å². The Kier molecular flexibility index (Phi) is 4.94. The maximum atomic E-state index is 15.5. The van der Waals surface area contributed by atoms with Gasteiger partial charge in [-0.05, 0) is 33.1 Å². The van der Waals surface area contributed by atoms with Gasteiger partial charge in [0.25, 0.3) is 0 Å². The molecule has 10 heteroatoms. The fourth-order valence-corrected chi connectivity index (χ4v) is 4.29. The summed E-state index contributed by atoms with van der Waals surface area (Å²) in [7, 11) is 0. The molecule has 4 heterocycles. The van der Waals surface area contributed by atoms with Crippen molar-refractivity contribution in [3.05, 3.63) is 35.6 Å². The van der Waals surface area contributed by atoms with Gasteiger partial charge in [0.2, 0.25) is 0 Å². The lowest BCUT2D eigenvalue weighted by atomic mass is 10.0. The highest BCUT2D eigenvalue weighted by molar-refractivity contribution is 6.35. The number of hydrogen-bond acceptors (Lipinski definition) is 6. The molecule has 162 valence electrons.